The van der Waals surface area contributed by atoms with Crippen LogP contribution in [0.5, 0.6) is 0 Å². The normalized spacial score (nSPS) is 12.1. The summed E-state index contributed by atoms with van der Waals surface area (Å²) < 4.78 is 5.71. The monoisotopic (exact) mass is 318 g/mol. The van der Waals surface area contributed by atoms with Crippen LogP contribution in [0.1, 0.15) is 17.2 Å². The first-order chi connectivity index (χ1) is 10.2. The quantitative estimate of drug-likeness (QED) is 0.945. The number of ether oxygens (including phenoxy) is 1. The number of hydrogen-bond donors (Lipinski definition) is 1. The molecule has 0 saturated carbocycles. The zero-order chi connectivity index (χ0) is 14.8. The Kier molecular flexibility index (Phi) is 5.06. The van der Waals surface area contributed by atoms with Crippen LogP contribution in [0, 0.1) is 0 Å². The van der Waals surface area contributed by atoms with Gasteiger partial charge in [-0.25, -0.2) is 4.79 Å². The Hall–Kier alpha value is -2.04. The van der Waals surface area contributed by atoms with Crippen molar-refractivity contribution in [3.63, 3.8) is 0 Å². The molecule has 4 nitrogen and oxygen atoms in total. The number of nitrogens with zero attached hydrogens (tertiary/aromatic N) is 1. The summed E-state index contributed by atoms with van der Waals surface area (Å²) in [5, 5.41) is 0. The molecule has 5 heteroatoms. The first-order valence-corrected chi connectivity index (χ1v) is 7.02. The van der Waals surface area contributed by atoms with Crippen molar-refractivity contribution in [3.8, 4) is 11.1 Å². The van der Waals surface area contributed by atoms with Gasteiger partial charge in [0.1, 0.15) is 0 Å². The maximum Gasteiger partial charge on any atom is 0.410 e. The first-order valence-electron chi connectivity index (χ1n) is 7.02. The van der Waals surface area contributed by atoms with Crippen molar-refractivity contribution in [2.24, 2.45) is 5.73 Å². The number of carbonyl (C=O) groups excluding carboxylic acids is 1. The lowest BCUT2D eigenvalue weighted by Crippen LogP contribution is -2.33. The summed E-state index contributed by atoms with van der Waals surface area (Å²) >= 11 is 0. The van der Waals surface area contributed by atoms with E-state index in [1.807, 2.05) is 36.4 Å². The molecule has 0 atom stereocenters. The molecule has 0 fully saturated rings. The van der Waals surface area contributed by atoms with Gasteiger partial charge in [-0.2, -0.15) is 0 Å². The van der Waals surface area contributed by atoms with Crippen LogP contribution >= 0.6 is 12.4 Å². The summed E-state index contributed by atoms with van der Waals surface area (Å²) in [4.78, 5) is 13.7. The molecule has 0 aliphatic heterocycles. The third kappa shape index (κ3) is 2.80. The summed E-state index contributed by atoms with van der Waals surface area (Å²) in [7, 11) is 1.70. The van der Waals surface area contributed by atoms with Gasteiger partial charge in [0.05, 0.1) is 0 Å². The third-order valence-electron chi connectivity index (χ3n) is 3.77. The largest absolute Gasteiger partial charge is 0.436 e. The summed E-state index contributed by atoms with van der Waals surface area (Å²) in [6.45, 7) is 0.901. The minimum atomic E-state index is -0.350. The highest BCUT2D eigenvalue weighted by Crippen LogP contribution is 2.45. The van der Waals surface area contributed by atoms with E-state index in [4.69, 9.17) is 10.5 Å². The second kappa shape index (κ2) is 6.81. The number of rotatable bonds is 3. The minimum Gasteiger partial charge on any atom is -0.436 e. The highest BCUT2D eigenvalue weighted by Gasteiger charge is 2.31. The van der Waals surface area contributed by atoms with Gasteiger partial charge < -0.3 is 15.4 Å². The second-order valence-corrected chi connectivity index (χ2v) is 5.15. The number of benzene rings is 2. The molecule has 0 heterocycles. The van der Waals surface area contributed by atoms with Crippen LogP contribution in [0.15, 0.2) is 48.5 Å². The first kappa shape index (κ1) is 16.3. The zero-order valence-corrected chi connectivity index (χ0v) is 13.2. The number of halogens is 1. The summed E-state index contributed by atoms with van der Waals surface area (Å²) in [5.74, 6) is 0. The molecule has 0 spiro atoms. The molecular weight excluding hydrogens is 300 g/mol. The van der Waals surface area contributed by atoms with E-state index >= 15 is 0 Å². The minimum absolute atomic E-state index is 0. The predicted octanol–water partition coefficient (Wildman–Crippen LogP) is 3.21. The number of fused-ring (bicyclic) bond motifs is 3. The van der Waals surface area contributed by atoms with E-state index in [1.165, 1.54) is 4.90 Å². The van der Waals surface area contributed by atoms with E-state index in [-0.39, 0.29) is 24.6 Å². The molecule has 2 aromatic carbocycles. The number of nitrogens with two attached hydrogens (primary N) is 1. The molecule has 0 saturated heterocycles. The standard InChI is InChI=1S/C17H18N2O2.ClH/c1-19(11-10-18)17(20)21-16-14-8-4-2-6-12(14)13-7-3-5-9-15(13)16;/h2-9,16H,10-11,18H2,1H3;1H. The van der Waals surface area contributed by atoms with Gasteiger partial charge in [-0.15, -0.1) is 12.4 Å². The van der Waals surface area contributed by atoms with Crippen molar-refractivity contribution in [1.29, 1.82) is 0 Å². The van der Waals surface area contributed by atoms with Gasteiger partial charge in [0, 0.05) is 31.3 Å². The summed E-state index contributed by atoms with van der Waals surface area (Å²) in [5.41, 5.74) is 9.81. The molecule has 3 rings (SSSR count). The fourth-order valence-electron chi connectivity index (χ4n) is 2.71. The molecule has 2 N–H and O–H groups in total. The number of hydrogen-bond acceptors (Lipinski definition) is 3. The molecule has 2 aromatic rings. The van der Waals surface area contributed by atoms with Crippen LogP contribution in [-0.4, -0.2) is 31.1 Å². The smallest absolute Gasteiger partial charge is 0.410 e. The van der Waals surface area contributed by atoms with E-state index in [0.29, 0.717) is 13.1 Å². The van der Waals surface area contributed by atoms with Crippen molar-refractivity contribution in [2.75, 3.05) is 20.1 Å². The van der Waals surface area contributed by atoms with Gasteiger partial charge in [-0.1, -0.05) is 48.5 Å². The maximum atomic E-state index is 12.2. The fraction of sp³-hybridized carbons (Fsp3) is 0.235. The third-order valence-corrected chi connectivity index (χ3v) is 3.77. The number of carbonyl (C=O) groups is 1. The van der Waals surface area contributed by atoms with Gasteiger partial charge >= 0.3 is 6.09 Å². The van der Waals surface area contributed by atoms with Crippen LogP contribution in [-0.2, 0) is 4.74 Å². The van der Waals surface area contributed by atoms with Crippen molar-refractivity contribution >= 4 is 18.5 Å². The lowest BCUT2D eigenvalue weighted by Gasteiger charge is -2.20. The Morgan fingerprint density at radius 3 is 2.09 bits per heavy atom. The zero-order valence-electron chi connectivity index (χ0n) is 12.4. The Balaban J connectivity index is 0.00000176. The second-order valence-electron chi connectivity index (χ2n) is 5.15. The van der Waals surface area contributed by atoms with Crippen LogP contribution in [0.2, 0.25) is 0 Å². The van der Waals surface area contributed by atoms with Crippen molar-refractivity contribution in [2.45, 2.75) is 6.10 Å². The van der Waals surface area contributed by atoms with Crippen molar-refractivity contribution in [1.82, 2.24) is 4.90 Å². The topological polar surface area (TPSA) is 55.6 Å². The van der Waals surface area contributed by atoms with Gasteiger partial charge in [0.2, 0.25) is 0 Å². The van der Waals surface area contributed by atoms with E-state index in [0.717, 1.165) is 22.3 Å². The Bertz CT molecular complexity index is 630. The Morgan fingerprint density at radius 1 is 1.09 bits per heavy atom. The van der Waals surface area contributed by atoms with E-state index in [9.17, 15) is 4.79 Å². The van der Waals surface area contributed by atoms with Gasteiger partial charge in [0.15, 0.2) is 6.10 Å². The van der Waals surface area contributed by atoms with Crippen LogP contribution in [0.25, 0.3) is 11.1 Å². The van der Waals surface area contributed by atoms with E-state index in [2.05, 4.69) is 12.1 Å². The SMILES string of the molecule is CN(CCN)C(=O)OC1c2ccccc2-c2ccccc21.Cl. The molecule has 0 radical (unpaired) electrons. The highest BCUT2D eigenvalue weighted by atomic mass is 35.5. The predicted molar refractivity (Wildman–Crippen MR) is 89.1 cm³/mol. The van der Waals surface area contributed by atoms with Crippen LogP contribution < -0.4 is 5.73 Å². The molecule has 116 valence electrons. The number of likely N-dealkylation sites (N-methyl/N-ethyl adjacent to an activating group) is 1. The van der Waals surface area contributed by atoms with Crippen molar-refractivity contribution in [3.05, 3.63) is 59.7 Å². The van der Waals surface area contributed by atoms with E-state index in [1.54, 1.807) is 7.05 Å². The Labute approximate surface area is 136 Å². The molecule has 0 aromatic heterocycles. The molecule has 22 heavy (non-hydrogen) atoms. The lowest BCUT2D eigenvalue weighted by atomic mass is 10.1. The maximum absolute atomic E-state index is 12.2. The fourth-order valence-corrected chi connectivity index (χ4v) is 2.71. The van der Waals surface area contributed by atoms with Crippen LogP contribution in [0.4, 0.5) is 4.79 Å². The van der Waals surface area contributed by atoms with Crippen LogP contribution in [0.3, 0.4) is 0 Å². The van der Waals surface area contributed by atoms with Crippen molar-refractivity contribution < 1.29 is 9.53 Å². The molecular formula is C17H19ClN2O2. The molecule has 0 bridgehead atoms. The number of amides is 1. The lowest BCUT2D eigenvalue weighted by molar-refractivity contribution is 0.0870. The molecule has 1 aliphatic carbocycles. The molecule has 1 aliphatic rings. The molecule has 1 amide bonds. The van der Waals surface area contributed by atoms with Gasteiger partial charge in [0.25, 0.3) is 0 Å². The summed E-state index contributed by atoms with van der Waals surface area (Å²) in [6, 6.07) is 16.1. The average Bonchev–Trinajstić information content (AvgIpc) is 2.82. The average molecular weight is 319 g/mol. The van der Waals surface area contributed by atoms with E-state index < -0.39 is 0 Å². The van der Waals surface area contributed by atoms with Gasteiger partial charge in [-0.3, -0.25) is 0 Å². The summed E-state index contributed by atoms with van der Waals surface area (Å²) in [6.07, 6.45) is -0.693. The van der Waals surface area contributed by atoms with Gasteiger partial charge in [-0.05, 0) is 11.1 Å². The highest BCUT2D eigenvalue weighted by molar-refractivity contribution is 5.85. The molecule has 0 unspecified atom stereocenters. The Morgan fingerprint density at radius 2 is 1.59 bits per heavy atom.